The number of aryl methyl sites for hydroxylation is 1. The van der Waals surface area contributed by atoms with Crippen LogP contribution in [-0.4, -0.2) is 36.8 Å². The summed E-state index contributed by atoms with van der Waals surface area (Å²) in [5.41, 5.74) is 1.04. The highest BCUT2D eigenvalue weighted by Crippen LogP contribution is 2.20. The van der Waals surface area contributed by atoms with Crippen LogP contribution in [0.4, 0.5) is 11.6 Å². The summed E-state index contributed by atoms with van der Waals surface area (Å²) in [7, 11) is 3.58. The zero-order valence-corrected chi connectivity index (χ0v) is 11.3. The number of nitrogens with one attached hydrogen (secondary N) is 2. The van der Waals surface area contributed by atoms with Gasteiger partial charge in [0, 0.05) is 32.4 Å². The van der Waals surface area contributed by atoms with E-state index in [1.807, 2.05) is 20.9 Å². The fourth-order valence-corrected chi connectivity index (χ4v) is 1.61. The van der Waals surface area contributed by atoms with Gasteiger partial charge in [0.1, 0.15) is 17.5 Å². The molecule has 1 atom stereocenters. The van der Waals surface area contributed by atoms with Crippen molar-refractivity contribution >= 4 is 11.6 Å². The standard InChI is InChI=1S/C12H22N4O/c1-8(6-7-17-5)14-12-9(2)11(13-4)15-10(3)16-12/h8H,6-7H2,1-5H3,(H2,13,14,15,16). The van der Waals surface area contributed by atoms with Crippen molar-refractivity contribution < 1.29 is 4.74 Å². The second kappa shape index (κ2) is 6.39. The number of rotatable bonds is 6. The summed E-state index contributed by atoms with van der Waals surface area (Å²) in [6, 6.07) is 0.327. The number of ether oxygens (including phenoxy) is 1. The third-order valence-corrected chi connectivity index (χ3v) is 2.63. The molecular formula is C12H22N4O. The van der Waals surface area contributed by atoms with E-state index in [9.17, 15) is 0 Å². The van der Waals surface area contributed by atoms with Gasteiger partial charge in [-0.3, -0.25) is 0 Å². The molecule has 0 radical (unpaired) electrons. The second-order valence-electron chi connectivity index (χ2n) is 4.17. The summed E-state index contributed by atoms with van der Waals surface area (Å²) < 4.78 is 5.06. The minimum atomic E-state index is 0.327. The monoisotopic (exact) mass is 238 g/mol. The zero-order valence-electron chi connectivity index (χ0n) is 11.3. The zero-order chi connectivity index (χ0) is 12.8. The summed E-state index contributed by atoms with van der Waals surface area (Å²) in [6.07, 6.45) is 0.952. The van der Waals surface area contributed by atoms with Gasteiger partial charge < -0.3 is 15.4 Å². The Balaban J connectivity index is 2.79. The number of hydrogen-bond acceptors (Lipinski definition) is 5. The quantitative estimate of drug-likeness (QED) is 0.793. The van der Waals surface area contributed by atoms with Gasteiger partial charge in [0.05, 0.1) is 0 Å². The first-order valence-corrected chi connectivity index (χ1v) is 5.87. The van der Waals surface area contributed by atoms with Gasteiger partial charge in [-0.1, -0.05) is 0 Å². The van der Waals surface area contributed by atoms with E-state index in [-0.39, 0.29) is 0 Å². The predicted molar refractivity (Wildman–Crippen MR) is 70.6 cm³/mol. The van der Waals surface area contributed by atoms with Crippen molar-refractivity contribution in [3.05, 3.63) is 11.4 Å². The Hall–Kier alpha value is -1.36. The molecule has 1 heterocycles. The Bertz CT molecular complexity index is 368. The molecular weight excluding hydrogens is 216 g/mol. The number of anilines is 2. The van der Waals surface area contributed by atoms with Crippen LogP contribution >= 0.6 is 0 Å². The van der Waals surface area contributed by atoms with E-state index in [2.05, 4.69) is 27.5 Å². The van der Waals surface area contributed by atoms with E-state index in [1.165, 1.54) is 0 Å². The second-order valence-corrected chi connectivity index (χ2v) is 4.17. The molecule has 0 spiro atoms. The minimum Gasteiger partial charge on any atom is -0.385 e. The molecule has 1 aromatic rings. The van der Waals surface area contributed by atoms with Gasteiger partial charge in [0.2, 0.25) is 0 Å². The van der Waals surface area contributed by atoms with Crippen LogP contribution in [0.15, 0.2) is 0 Å². The van der Waals surface area contributed by atoms with Crippen LogP contribution in [-0.2, 0) is 4.74 Å². The molecule has 0 aromatic carbocycles. The number of nitrogens with zero attached hydrogens (tertiary/aromatic N) is 2. The largest absolute Gasteiger partial charge is 0.385 e. The maximum atomic E-state index is 5.06. The van der Waals surface area contributed by atoms with Crippen LogP contribution in [0, 0.1) is 13.8 Å². The average Bonchev–Trinajstić information content (AvgIpc) is 2.30. The van der Waals surface area contributed by atoms with Crippen LogP contribution in [0.1, 0.15) is 24.7 Å². The van der Waals surface area contributed by atoms with Crippen LogP contribution in [0.25, 0.3) is 0 Å². The smallest absolute Gasteiger partial charge is 0.134 e. The molecule has 0 saturated carbocycles. The molecule has 0 bridgehead atoms. The van der Waals surface area contributed by atoms with Gasteiger partial charge >= 0.3 is 0 Å². The Morgan fingerprint density at radius 3 is 2.47 bits per heavy atom. The molecule has 5 heteroatoms. The number of aromatic nitrogens is 2. The molecule has 0 aliphatic carbocycles. The number of methoxy groups -OCH3 is 1. The fourth-order valence-electron chi connectivity index (χ4n) is 1.61. The van der Waals surface area contributed by atoms with Gasteiger partial charge in [-0.2, -0.15) is 0 Å². The molecule has 17 heavy (non-hydrogen) atoms. The van der Waals surface area contributed by atoms with Crippen LogP contribution in [0.2, 0.25) is 0 Å². The Labute approximate surface area is 103 Å². The average molecular weight is 238 g/mol. The highest BCUT2D eigenvalue weighted by atomic mass is 16.5. The molecule has 0 aliphatic heterocycles. The molecule has 0 saturated heterocycles. The lowest BCUT2D eigenvalue weighted by Gasteiger charge is -2.17. The van der Waals surface area contributed by atoms with Crippen molar-refractivity contribution in [2.75, 3.05) is 31.4 Å². The molecule has 5 nitrogen and oxygen atoms in total. The van der Waals surface area contributed by atoms with E-state index in [0.29, 0.717) is 6.04 Å². The Morgan fingerprint density at radius 2 is 1.88 bits per heavy atom. The highest BCUT2D eigenvalue weighted by Gasteiger charge is 2.10. The summed E-state index contributed by atoms with van der Waals surface area (Å²) in [4.78, 5) is 8.76. The molecule has 1 aromatic heterocycles. The van der Waals surface area contributed by atoms with Gasteiger partial charge in [0.25, 0.3) is 0 Å². The predicted octanol–water partition coefficient (Wildman–Crippen LogP) is 1.97. The van der Waals surface area contributed by atoms with E-state index < -0.39 is 0 Å². The van der Waals surface area contributed by atoms with Crippen molar-refractivity contribution in [1.29, 1.82) is 0 Å². The van der Waals surface area contributed by atoms with E-state index in [0.717, 1.165) is 36.1 Å². The molecule has 1 unspecified atom stereocenters. The lowest BCUT2D eigenvalue weighted by atomic mass is 10.2. The van der Waals surface area contributed by atoms with Crippen molar-refractivity contribution in [2.45, 2.75) is 33.2 Å². The maximum Gasteiger partial charge on any atom is 0.134 e. The first-order chi connectivity index (χ1) is 8.08. The first-order valence-electron chi connectivity index (χ1n) is 5.87. The molecule has 96 valence electrons. The van der Waals surface area contributed by atoms with Gasteiger partial charge in [-0.15, -0.1) is 0 Å². The summed E-state index contributed by atoms with van der Waals surface area (Å²) >= 11 is 0. The van der Waals surface area contributed by atoms with Gasteiger partial charge in [-0.05, 0) is 27.2 Å². The Kier molecular flexibility index (Phi) is 5.15. The van der Waals surface area contributed by atoms with Gasteiger partial charge in [-0.25, -0.2) is 9.97 Å². The molecule has 2 N–H and O–H groups in total. The maximum absolute atomic E-state index is 5.06. The van der Waals surface area contributed by atoms with Crippen LogP contribution in [0.3, 0.4) is 0 Å². The minimum absolute atomic E-state index is 0.327. The third kappa shape index (κ3) is 3.85. The SMILES string of the molecule is CNc1nc(C)nc(NC(C)CCOC)c1C. The van der Waals surface area contributed by atoms with Crippen LogP contribution < -0.4 is 10.6 Å². The van der Waals surface area contributed by atoms with Gasteiger partial charge in [0.15, 0.2) is 0 Å². The Morgan fingerprint density at radius 1 is 1.24 bits per heavy atom. The van der Waals surface area contributed by atoms with Crippen molar-refractivity contribution in [1.82, 2.24) is 9.97 Å². The molecule has 0 amide bonds. The van der Waals surface area contributed by atoms with Crippen LogP contribution in [0.5, 0.6) is 0 Å². The van der Waals surface area contributed by atoms with E-state index in [1.54, 1.807) is 7.11 Å². The normalized spacial score (nSPS) is 12.3. The highest BCUT2D eigenvalue weighted by molar-refractivity contribution is 5.57. The van der Waals surface area contributed by atoms with Crippen molar-refractivity contribution in [3.8, 4) is 0 Å². The number of hydrogen-bond donors (Lipinski definition) is 2. The summed E-state index contributed by atoms with van der Waals surface area (Å²) in [5, 5.41) is 6.47. The van der Waals surface area contributed by atoms with Crippen molar-refractivity contribution in [2.24, 2.45) is 0 Å². The molecule has 1 rings (SSSR count). The van der Waals surface area contributed by atoms with Crippen molar-refractivity contribution in [3.63, 3.8) is 0 Å². The third-order valence-electron chi connectivity index (χ3n) is 2.63. The lowest BCUT2D eigenvalue weighted by molar-refractivity contribution is 0.191. The topological polar surface area (TPSA) is 59.1 Å². The van der Waals surface area contributed by atoms with E-state index >= 15 is 0 Å². The summed E-state index contributed by atoms with van der Waals surface area (Å²) in [6.45, 7) is 6.77. The fraction of sp³-hybridized carbons (Fsp3) is 0.667. The molecule has 0 aliphatic rings. The molecule has 0 fully saturated rings. The van der Waals surface area contributed by atoms with E-state index in [4.69, 9.17) is 4.74 Å². The first kappa shape index (κ1) is 13.7. The lowest BCUT2D eigenvalue weighted by Crippen LogP contribution is -2.19. The summed E-state index contributed by atoms with van der Waals surface area (Å²) in [5.74, 6) is 2.53.